The van der Waals surface area contributed by atoms with Gasteiger partial charge in [-0.05, 0) is 46.1 Å². The fraction of sp³-hybridized carbons (Fsp3) is 0.250. The van der Waals surface area contributed by atoms with Crippen LogP contribution in [-0.2, 0) is 6.42 Å². The third kappa shape index (κ3) is 3.12. The van der Waals surface area contributed by atoms with Crippen LogP contribution in [0.3, 0.4) is 0 Å². The van der Waals surface area contributed by atoms with Crippen molar-refractivity contribution in [1.82, 2.24) is 10.3 Å². The van der Waals surface area contributed by atoms with Crippen LogP contribution in [0, 0.1) is 5.82 Å². The second kappa shape index (κ2) is 5.71. The zero-order valence-electron chi connectivity index (χ0n) is 9.28. The van der Waals surface area contributed by atoms with E-state index in [2.05, 4.69) is 26.2 Å². The van der Waals surface area contributed by atoms with Crippen molar-refractivity contribution in [3.8, 4) is 0 Å². The third-order valence-electron chi connectivity index (χ3n) is 2.56. The van der Waals surface area contributed by atoms with Gasteiger partial charge in [0.2, 0.25) is 0 Å². The zero-order chi connectivity index (χ0) is 12.3. The van der Waals surface area contributed by atoms with Crippen molar-refractivity contribution >= 4 is 27.3 Å². The topological polar surface area (TPSA) is 24.9 Å². The molecule has 0 spiro atoms. The van der Waals surface area contributed by atoms with Crippen molar-refractivity contribution < 1.29 is 4.39 Å². The molecule has 17 heavy (non-hydrogen) atoms. The first kappa shape index (κ1) is 12.7. The number of pyridine rings is 1. The quantitative estimate of drug-likeness (QED) is 0.933. The van der Waals surface area contributed by atoms with E-state index in [1.54, 1.807) is 17.5 Å². The van der Waals surface area contributed by atoms with Gasteiger partial charge in [-0.3, -0.25) is 4.98 Å². The molecule has 0 saturated heterocycles. The molecule has 1 unspecified atom stereocenters. The van der Waals surface area contributed by atoms with Gasteiger partial charge >= 0.3 is 0 Å². The van der Waals surface area contributed by atoms with E-state index in [-0.39, 0.29) is 11.9 Å². The molecule has 2 nitrogen and oxygen atoms in total. The molecular formula is C12H12BrFN2S. The van der Waals surface area contributed by atoms with Crippen LogP contribution < -0.4 is 5.32 Å². The second-order valence-corrected chi connectivity index (χ2v) is 5.53. The molecule has 2 heterocycles. The smallest absolute Gasteiger partial charge is 0.141 e. The Balaban J connectivity index is 2.20. The lowest BCUT2D eigenvalue weighted by Gasteiger charge is -2.15. The largest absolute Gasteiger partial charge is 0.313 e. The van der Waals surface area contributed by atoms with Crippen molar-refractivity contribution in [2.24, 2.45) is 0 Å². The molecule has 2 aromatic rings. The van der Waals surface area contributed by atoms with Crippen LogP contribution in [0.4, 0.5) is 4.39 Å². The molecule has 0 fully saturated rings. The SMILES string of the molecule is CNC(Cc1sccc1Br)c1cncc(F)c1. The highest BCUT2D eigenvalue weighted by molar-refractivity contribution is 9.10. The molecule has 90 valence electrons. The summed E-state index contributed by atoms with van der Waals surface area (Å²) in [6.45, 7) is 0. The second-order valence-electron chi connectivity index (χ2n) is 3.67. The highest BCUT2D eigenvalue weighted by Gasteiger charge is 2.13. The van der Waals surface area contributed by atoms with Crippen LogP contribution in [0.25, 0.3) is 0 Å². The van der Waals surface area contributed by atoms with Crippen molar-refractivity contribution in [1.29, 1.82) is 0 Å². The molecule has 0 aliphatic rings. The van der Waals surface area contributed by atoms with Gasteiger partial charge in [-0.1, -0.05) is 0 Å². The van der Waals surface area contributed by atoms with Crippen molar-refractivity contribution in [3.05, 3.63) is 50.6 Å². The average Bonchev–Trinajstić information content (AvgIpc) is 2.71. The summed E-state index contributed by atoms with van der Waals surface area (Å²) in [6.07, 6.45) is 3.74. The highest BCUT2D eigenvalue weighted by Crippen LogP contribution is 2.28. The normalized spacial score (nSPS) is 12.6. The zero-order valence-corrected chi connectivity index (χ0v) is 11.7. The number of halogens is 2. The Morgan fingerprint density at radius 3 is 2.94 bits per heavy atom. The summed E-state index contributed by atoms with van der Waals surface area (Å²) in [5, 5.41) is 5.23. The fourth-order valence-corrected chi connectivity index (χ4v) is 3.22. The molecule has 1 atom stereocenters. The molecule has 0 bridgehead atoms. The van der Waals surface area contributed by atoms with Crippen molar-refractivity contribution in [3.63, 3.8) is 0 Å². The molecule has 0 aliphatic carbocycles. The van der Waals surface area contributed by atoms with Gasteiger partial charge in [0.1, 0.15) is 5.82 Å². The maximum absolute atomic E-state index is 13.1. The van der Waals surface area contributed by atoms with Gasteiger partial charge in [-0.2, -0.15) is 0 Å². The molecule has 1 N–H and O–H groups in total. The summed E-state index contributed by atoms with van der Waals surface area (Å²) in [6, 6.07) is 3.62. The number of nitrogens with one attached hydrogen (secondary N) is 1. The Labute approximate surface area is 112 Å². The lowest BCUT2D eigenvalue weighted by Crippen LogP contribution is -2.18. The summed E-state index contributed by atoms with van der Waals surface area (Å²) < 4.78 is 14.2. The molecule has 0 amide bonds. The van der Waals surface area contributed by atoms with Crippen LogP contribution in [0.1, 0.15) is 16.5 Å². The van der Waals surface area contributed by atoms with E-state index in [9.17, 15) is 4.39 Å². The van der Waals surface area contributed by atoms with Crippen molar-refractivity contribution in [2.75, 3.05) is 7.05 Å². The maximum atomic E-state index is 13.1. The Hall–Kier alpha value is -0.780. The fourth-order valence-electron chi connectivity index (χ4n) is 1.66. The Morgan fingerprint density at radius 1 is 1.53 bits per heavy atom. The first-order valence-electron chi connectivity index (χ1n) is 5.20. The summed E-state index contributed by atoms with van der Waals surface area (Å²) >= 11 is 5.19. The first-order valence-corrected chi connectivity index (χ1v) is 6.87. The predicted molar refractivity (Wildman–Crippen MR) is 71.7 cm³/mol. The van der Waals surface area contributed by atoms with Gasteiger partial charge in [-0.15, -0.1) is 11.3 Å². The molecule has 0 aromatic carbocycles. The van der Waals surface area contributed by atoms with Crippen LogP contribution in [-0.4, -0.2) is 12.0 Å². The summed E-state index contributed by atoms with van der Waals surface area (Å²) in [5.41, 5.74) is 0.868. The van der Waals surface area contributed by atoms with Gasteiger partial charge < -0.3 is 5.32 Å². The van der Waals surface area contributed by atoms with Gasteiger partial charge in [0.15, 0.2) is 0 Å². The van der Waals surface area contributed by atoms with Crippen LogP contribution in [0.5, 0.6) is 0 Å². The van der Waals surface area contributed by atoms with E-state index in [1.807, 2.05) is 18.5 Å². The van der Waals surface area contributed by atoms with Crippen LogP contribution in [0.15, 0.2) is 34.4 Å². The Morgan fingerprint density at radius 2 is 2.35 bits per heavy atom. The van der Waals surface area contributed by atoms with Gasteiger partial charge in [0.05, 0.1) is 6.20 Å². The maximum Gasteiger partial charge on any atom is 0.141 e. The lowest BCUT2D eigenvalue weighted by molar-refractivity contribution is 0.574. The minimum atomic E-state index is -0.298. The van der Waals surface area contributed by atoms with E-state index < -0.39 is 0 Å². The van der Waals surface area contributed by atoms with Gasteiger partial charge in [0, 0.05) is 28.0 Å². The number of nitrogens with zero attached hydrogens (tertiary/aromatic N) is 1. The molecular weight excluding hydrogens is 303 g/mol. The molecule has 2 aromatic heterocycles. The number of hydrogen-bond acceptors (Lipinski definition) is 3. The van der Waals surface area contributed by atoms with E-state index in [0.717, 1.165) is 16.5 Å². The molecule has 0 radical (unpaired) electrons. The molecule has 5 heteroatoms. The standard InChI is InChI=1S/C12H12BrFN2S/c1-15-11(5-12-10(13)2-3-17-12)8-4-9(14)7-16-6-8/h2-4,6-7,11,15H,5H2,1H3. The summed E-state index contributed by atoms with van der Waals surface area (Å²) in [7, 11) is 1.87. The van der Waals surface area contributed by atoms with Crippen LogP contribution in [0.2, 0.25) is 0 Å². The molecule has 0 aliphatic heterocycles. The number of hydrogen-bond donors (Lipinski definition) is 1. The monoisotopic (exact) mass is 314 g/mol. The summed E-state index contributed by atoms with van der Waals surface area (Å²) in [5.74, 6) is -0.298. The molecule has 2 rings (SSSR count). The highest BCUT2D eigenvalue weighted by atomic mass is 79.9. The average molecular weight is 315 g/mol. The lowest BCUT2D eigenvalue weighted by atomic mass is 10.1. The van der Waals surface area contributed by atoms with Gasteiger partial charge in [0.25, 0.3) is 0 Å². The van der Waals surface area contributed by atoms with Crippen LogP contribution >= 0.6 is 27.3 Å². The van der Waals surface area contributed by atoms with E-state index >= 15 is 0 Å². The molecule has 0 saturated carbocycles. The van der Waals surface area contributed by atoms with E-state index in [4.69, 9.17) is 0 Å². The van der Waals surface area contributed by atoms with Gasteiger partial charge in [-0.25, -0.2) is 4.39 Å². The Bertz CT molecular complexity index is 501. The number of thiophene rings is 1. The number of rotatable bonds is 4. The van der Waals surface area contributed by atoms with Crippen molar-refractivity contribution in [2.45, 2.75) is 12.5 Å². The van der Waals surface area contributed by atoms with E-state index in [0.29, 0.717) is 0 Å². The summed E-state index contributed by atoms with van der Waals surface area (Å²) in [4.78, 5) is 5.13. The third-order valence-corrected chi connectivity index (χ3v) is 4.51. The first-order chi connectivity index (χ1) is 8.20. The minimum Gasteiger partial charge on any atom is -0.313 e. The minimum absolute atomic E-state index is 0.0770. The Kier molecular flexibility index (Phi) is 4.25. The number of aromatic nitrogens is 1. The van der Waals surface area contributed by atoms with E-state index in [1.165, 1.54) is 17.1 Å². The number of likely N-dealkylation sites (N-methyl/N-ethyl adjacent to an activating group) is 1. The predicted octanol–water partition coefficient (Wildman–Crippen LogP) is 3.55.